The summed E-state index contributed by atoms with van der Waals surface area (Å²) in [4.78, 5) is 12.3. The molecular formula is C11H17NO4S. The summed E-state index contributed by atoms with van der Waals surface area (Å²) in [5.74, 6) is -0.838. The molecule has 6 heteroatoms. The molecular weight excluding hydrogens is 242 g/mol. The molecule has 0 bridgehead atoms. The van der Waals surface area contributed by atoms with Crippen molar-refractivity contribution in [3.05, 3.63) is 21.9 Å². The molecule has 96 valence electrons. The van der Waals surface area contributed by atoms with Crippen molar-refractivity contribution >= 4 is 17.3 Å². The summed E-state index contributed by atoms with van der Waals surface area (Å²) in [6.45, 7) is 2.09. The molecule has 1 aromatic rings. The van der Waals surface area contributed by atoms with Crippen molar-refractivity contribution in [2.75, 3.05) is 13.2 Å². The van der Waals surface area contributed by atoms with Crippen LogP contribution in [0.25, 0.3) is 0 Å². The number of hydrogen-bond acceptors (Lipinski definition) is 5. The molecule has 0 saturated carbocycles. The van der Waals surface area contributed by atoms with E-state index in [0.29, 0.717) is 6.54 Å². The van der Waals surface area contributed by atoms with Crippen molar-refractivity contribution in [3.63, 3.8) is 0 Å². The Morgan fingerprint density at radius 2 is 2.12 bits per heavy atom. The van der Waals surface area contributed by atoms with E-state index in [0.717, 1.165) is 9.75 Å². The monoisotopic (exact) mass is 259 g/mol. The summed E-state index contributed by atoms with van der Waals surface area (Å²) in [6.07, 6.45) is 0.0407. The summed E-state index contributed by atoms with van der Waals surface area (Å²) in [7, 11) is 0. The van der Waals surface area contributed by atoms with Gasteiger partial charge in [0.05, 0.1) is 18.6 Å². The van der Waals surface area contributed by atoms with Gasteiger partial charge in [0.15, 0.2) is 0 Å². The van der Waals surface area contributed by atoms with Gasteiger partial charge in [-0.25, -0.2) is 0 Å². The van der Waals surface area contributed by atoms with E-state index in [1.54, 1.807) is 13.0 Å². The second-order valence-corrected chi connectivity index (χ2v) is 5.45. The smallest absolute Gasteiger partial charge is 0.308 e. The predicted molar refractivity (Wildman–Crippen MR) is 65.1 cm³/mol. The first-order valence-electron chi connectivity index (χ1n) is 5.26. The van der Waals surface area contributed by atoms with Gasteiger partial charge in [0.25, 0.3) is 0 Å². The molecule has 0 spiro atoms. The zero-order chi connectivity index (χ0) is 12.9. The second kappa shape index (κ2) is 6.11. The minimum absolute atomic E-state index is 0.0407. The van der Waals surface area contributed by atoms with E-state index < -0.39 is 11.6 Å². The van der Waals surface area contributed by atoms with Crippen LogP contribution in [0.2, 0.25) is 0 Å². The molecule has 0 aliphatic rings. The molecule has 1 heterocycles. The van der Waals surface area contributed by atoms with Crippen molar-refractivity contribution in [2.45, 2.75) is 25.5 Å². The van der Waals surface area contributed by atoms with E-state index in [2.05, 4.69) is 5.32 Å². The molecule has 1 aromatic heterocycles. The lowest BCUT2D eigenvalue weighted by Gasteiger charge is -2.20. The number of carbonyl (C=O) groups is 1. The standard InChI is InChI=1S/C11H17NO4S/c1-11(16,7-13)6-12-5-9-3-2-8(17-9)4-10(14)15/h2-3,12-13,16H,4-7H2,1H3,(H,14,15). The third-order valence-electron chi connectivity index (χ3n) is 2.19. The van der Waals surface area contributed by atoms with Crippen molar-refractivity contribution in [2.24, 2.45) is 0 Å². The van der Waals surface area contributed by atoms with Gasteiger partial charge in [-0.2, -0.15) is 0 Å². The third kappa shape index (κ3) is 5.27. The molecule has 5 nitrogen and oxygen atoms in total. The molecule has 0 aliphatic carbocycles. The van der Waals surface area contributed by atoms with Crippen LogP contribution in [0.5, 0.6) is 0 Å². The van der Waals surface area contributed by atoms with E-state index in [4.69, 9.17) is 10.2 Å². The summed E-state index contributed by atoms with van der Waals surface area (Å²) in [5, 5.41) is 30.0. The van der Waals surface area contributed by atoms with Crippen LogP contribution in [0, 0.1) is 0 Å². The topological polar surface area (TPSA) is 89.8 Å². The van der Waals surface area contributed by atoms with Gasteiger partial charge in [0.2, 0.25) is 0 Å². The van der Waals surface area contributed by atoms with E-state index in [9.17, 15) is 9.90 Å². The van der Waals surface area contributed by atoms with E-state index >= 15 is 0 Å². The van der Waals surface area contributed by atoms with E-state index in [-0.39, 0.29) is 19.6 Å². The minimum Gasteiger partial charge on any atom is -0.481 e. The number of rotatable bonds is 7. The highest BCUT2D eigenvalue weighted by Gasteiger charge is 2.17. The molecule has 0 aromatic carbocycles. The van der Waals surface area contributed by atoms with Crippen LogP contribution in [0.4, 0.5) is 0 Å². The number of carboxylic acid groups (broad SMARTS) is 1. The van der Waals surface area contributed by atoms with Gasteiger partial charge in [-0.15, -0.1) is 11.3 Å². The summed E-state index contributed by atoms with van der Waals surface area (Å²) in [5.41, 5.74) is -1.12. The molecule has 0 aliphatic heterocycles. The van der Waals surface area contributed by atoms with E-state index in [1.807, 2.05) is 6.07 Å². The highest BCUT2D eigenvalue weighted by molar-refractivity contribution is 7.12. The summed E-state index contributed by atoms with van der Waals surface area (Å²) >= 11 is 1.43. The number of nitrogens with one attached hydrogen (secondary N) is 1. The fraction of sp³-hybridized carbons (Fsp3) is 0.545. The molecule has 1 rings (SSSR count). The zero-order valence-corrected chi connectivity index (χ0v) is 10.5. The highest BCUT2D eigenvalue weighted by Crippen LogP contribution is 2.17. The maximum atomic E-state index is 10.5. The number of aliphatic hydroxyl groups is 2. The van der Waals surface area contributed by atoms with Crippen LogP contribution in [0.1, 0.15) is 16.7 Å². The molecule has 0 radical (unpaired) electrons. The van der Waals surface area contributed by atoms with Crippen molar-refractivity contribution in [1.29, 1.82) is 0 Å². The Hall–Kier alpha value is -0.950. The summed E-state index contributed by atoms with van der Waals surface area (Å²) in [6, 6.07) is 3.66. The lowest BCUT2D eigenvalue weighted by molar-refractivity contribution is -0.136. The number of carboxylic acids is 1. The van der Waals surface area contributed by atoms with Gasteiger partial charge >= 0.3 is 5.97 Å². The number of aliphatic hydroxyl groups excluding tert-OH is 1. The first-order valence-corrected chi connectivity index (χ1v) is 6.08. The van der Waals surface area contributed by atoms with Gasteiger partial charge in [0, 0.05) is 22.8 Å². The Balaban J connectivity index is 2.37. The first-order chi connectivity index (χ1) is 7.93. The third-order valence-corrected chi connectivity index (χ3v) is 3.27. The largest absolute Gasteiger partial charge is 0.481 e. The Morgan fingerprint density at radius 3 is 2.71 bits per heavy atom. The molecule has 4 N–H and O–H groups in total. The Kier molecular flexibility index (Phi) is 5.07. The minimum atomic E-state index is -1.12. The fourth-order valence-corrected chi connectivity index (χ4v) is 2.25. The Labute approximate surface area is 104 Å². The highest BCUT2D eigenvalue weighted by atomic mass is 32.1. The average Bonchev–Trinajstić information content (AvgIpc) is 2.64. The molecule has 0 fully saturated rings. The van der Waals surface area contributed by atoms with Crippen LogP contribution in [0.15, 0.2) is 12.1 Å². The quantitative estimate of drug-likeness (QED) is 0.562. The van der Waals surface area contributed by atoms with Crippen LogP contribution in [0.3, 0.4) is 0 Å². The van der Waals surface area contributed by atoms with Crippen LogP contribution >= 0.6 is 11.3 Å². The van der Waals surface area contributed by atoms with Crippen molar-refractivity contribution in [1.82, 2.24) is 5.32 Å². The lowest BCUT2D eigenvalue weighted by atomic mass is 10.1. The number of thiophene rings is 1. The van der Waals surface area contributed by atoms with Crippen molar-refractivity contribution < 1.29 is 20.1 Å². The van der Waals surface area contributed by atoms with Crippen LogP contribution in [-0.2, 0) is 17.8 Å². The Bertz CT molecular complexity index is 375. The first kappa shape index (κ1) is 14.1. The SMILES string of the molecule is CC(O)(CO)CNCc1ccc(CC(=O)O)s1. The van der Waals surface area contributed by atoms with Crippen LogP contribution < -0.4 is 5.32 Å². The van der Waals surface area contributed by atoms with Gasteiger partial charge in [-0.1, -0.05) is 0 Å². The molecule has 17 heavy (non-hydrogen) atoms. The zero-order valence-electron chi connectivity index (χ0n) is 9.64. The van der Waals surface area contributed by atoms with Crippen LogP contribution in [-0.4, -0.2) is 40.0 Å². The maximum absolute atomic E-state index is 10.5. The second-order valence-electron chi connectivity index (χ2n) is 4.20. The van der Waals surface area contributed by atoms with Crippen molar-refractivity contribution in [3.8, 4) is 0 Å². The molecule has 1 unspecified atom stereocenters. The molecule has 1 atom stereocenters. The average molecular weight is 259 g/mol. The normalized spacial score (nSPS) is 14.5. The number of hydrogen-bond donors (Lipinski definition) is 4. The predicted octanol–water partition coefficient (Wildman–Crippen LogP) is 0.208. The molecule has 0 amide bonds. The lowest BCUT2D eigenvalue weighted by Crippen LogP contribution is -2.40. The fourth-order valence-electron chi connectivity index (χ4n) is 1.27. The Morgan fingerprint density at radius 1 is 1.47 bits per heavy atom. The van der Waals surface area contributed by atoms with Gasteiger partial charge < -0.3 is 20.6 Å². The maximum Gasteiger partial charge on any atom is 0.308 e. The van der Waals surface area contributed by atoms with E-state index in [1.165, 1.54) is 11.3 Å². The summed E-state index contributed by atoms with van der Waals surface area (Å²) < 4.78 is 0. The van der Waals surface area contributed by atoms with Gasteiger partial charge in [-0.3, -0.25) is 4.79 Å². The molecule has 0 saturated heterocycles. The number of aliphatic carboxylic acids is 1. The van der Waals surface area contributed by atoms with Gasteiger partial charge in [0.1, 0.15) is 0 Å². The van der Waals surface area contributed by atoms with Gasteiger partial charge in [-0.05, 0) is 19.1 Å².